The maximum atomic E-state index is 10.4. The van der Waals surface area contributed by atoms with E-state index in [2.05, 4.69) is 11.2 Å². The van der Waals surface area contributed by atoms with Crippen LogP contribution < -0.4 is 5.32 Å². The predicted molar refractivity (Wildman–Crippen MR) is 52.3 cm³/mol. The Kier molecular flexibility index (Phi) is 4.22. The fourth-order valence-corrected chi connectivity index (χ4v) is 0.598. The average Bonchev–Trinajstić information content (AvgIpc) is 2.04. The zero-order chi connectivity index (χ0) is 10.5. The summed E-state index contributed by atoms with van der Waals surface area (Å²) in [7, 11) is 0. The predicted octanol–water partition coefficient (Wildman–Crippen LogP) is 1.02. The Balaban J connectivity index is 4.01. The molecular formula is C10H15NO2. The van der Waals surface area contributed by atoms with Crippen molar-refractivity contribution in [2.75, 3.05) is 6.54 Å². The summed E-state index contributed by atoms with van der Waals surface area (Å²) in [5.41, 5.74) is -0.0738. The average molecular weight is 181 g/mol. The molecule has 13 heavy (non-hydrogen) atoms. The maximum Gasteiger partial charge on any atom is 0.330 e. The third kappa shape index (κ3) is 5.05. The standard InChI is InChI=1S/C10H15NO2/c1-5-10(3,4)11-7-6-8(2)9(12)13/h1,6,11H,7H2,2-4H3,(H,12,13). The van der Waals surface area contributed by atoms with Crippen LogP contribution in [0.2, 0.25) is 0 Å². The lowest BCUT2D eigenvalue weighted by atomic mass is 10.1. The van der Waals surface area contributed by atoms with Crippen LogP contribution in [-0.4, -0.2) is 23.2 Å². The molecule has 0 atom stereocenters. The molecule has 0 bridgehead atoms. The zero-order valence-corrected chi connectivity index (χ0v) is 8.22. The number of hydrogen-bond acceptors (Lipinski definition) is 2. The van der Waals surface area contributed by atoms with Crippen LogP contribution in [0.25, 0.3) is 0 Å². The van der Waals surface area contributed by atoms with Crippen LogP contribution in [0.1, 0.15) is 20.8 Å². The summed E-state index contributed by atoms with van der Waals surface area (Å²) in [6.07, 6.45) is 6.83. The minimum Gasteiger partial charge on any atom is -0.478 e. The number of rotatable bonds is 4. The second-order valence-electron chi connectivity index (χ2n) is 3.34. The van der Waals surface area contributed by atoms with Gasteiger partial charge in [0.25, 0.3) is 0 Å². The number of carboxylic acid groups (broad SMARTS) is 1. The highest BCUT2D eigenvalue weighted by molar-refractivity contribution is 5.85. The Bertz CT molecular complexity index is 259. The first kappa shape index (κ1) is 11.7. The molecule has 0 radical (unpaired) electrons. The number of nitrogens with one attached hydrogen (secondary N) is 1. The SMILES string of the molecule is C#CC(C)(C)NCC=C(C)C(=O)O. The number of terminal acetylenes is 1. The molecule has 72 valence electrons. The highest BCUT2D eigenvalue weighted by Gasteiger charge is 2.10. The summed E-state index contributed by atoms with van der Waals surface area (Å²) in [5, 5.41) is 11.6. The molecule has 0 heterocycles. The van der Waals surface area contributed by atoms with Crippen molar-refractivity contribution in [2.24, 2.45) is 0 Å². The van der Waals surface area contributed by atoms with E-state index in [4.69, 9.17) is 11.5 Å². The van der Waals surface area contributed by atoms with Crippen molar-refractivity contribution in [1.82, 2.24) is 5.32 Å². The molecule has 0 aliphatic rings. The normalized spacial score (nSPS) is 12.3. The molecule has 0 aromatic rings. The minimum absolute atomic E-state index is 0.320. The smallest absolute Gasteiger partial charge is 0.330 e. The number of carboxylic acids is 1. The Labute approximate surface area is 78.8 Å². The van der Waals surface area contributed by atoms with Crippen molar-refractivity contribution < 1.29 is 9.90 Å². The van der Waals surface area contributed by atoms with E-state index in [0.717, 1.165) is 0 Å². The second kappa shape index (κ2) is 4.68. The summed E-state index contributed by atoms with van der Waals surface area (Å²) in [5.74, 6) is 1.65. The number of carbonyl (C=O) groups is 1. The Hall–Kier alpha value is -1.27. The molecule has 0 saturated heterocycles. The van der Waals surface area contributed by atoms with Crippen LogP contribution in [0.5, 0.6) is 0 Å². The van der Waals surface area contributed by atoms with Gasteiger partial charge in [-0.1, -0.05) is 12.0 Å². The monoisotopic (exact) mass is 181 g/mol. The molecule has 2 N–H and O–H groups in total. The van der Waals surface area contributed by atoms with E-state index in [-0.39, 0.29) is 0 Å². The van der Waals surface area contributed by atoms with Gasteiger partial charge in [-0.25, -0.2) is 4.79 Å². The lowest BCUT2D eigenvalue weighted by Crippen LogP contribution is -2.37. The molecule has 0 fully saturated rings. The van der Waals surface area contributed by atoms with Gasteiger partial charge in [-0.2, -0.15) is 0 Å². The van der Waals surface area contributed by atoms with Crippen LogP contribution >= 0.6 is 0 Å². The highest BCUT2D eigenvalue weighted by atomic mass is 16.4. The minimum atomic E-state index is -0.902. The third-order valence-electron chi connectivity index (χ3n) is 1.65. The van der Waals surface area contributed by atoms with Gasteiger partial charge in [0.2, 0.25) is 0 Å². The molecule has 0 saturated carbocycles. The van der Waals surface area contributed by atoms with Gasteiger partial charge in [0.1, 0.15) is 0 Å². The Morgan fingerprint density at radius 3 is 2.62 bits per heavy atom. The Morgan fingerprint density at radius 1 is 1.69 bits per heavy atom. The van der Waals surface area contributed by atoms with E-state index in [0.29, 0.717) is 12.1 Å². The first-order chi connectivity index (χ1) is 5.89. The molecular weight excluding hydrogens is 166 g/mol. The first-order valence-electron chi connectivity index (χ1n) is 4.02. The molecule has 0 amide bonds. The quantitative estimate of drug-likeness (QED) is 0.503. The summed E-state index contributed by atoms with van der Waals surface area (Å²) in [4.78, 5) is 10.4. The van der Waals surface area contributed by atoms with Gasteiger partial charge >= 0.3 is 5.97 Å². The molecule has 3 heteroatoms. The molecule has 0 aromatic heterocycles. The van der Waals surface area contributed by atoms with E-state index >= 15 is 0 Å². The second-order valence-corrected chi connectivity index (χ2v) is 3.34. The first-order valence-corrected chi connectivity index (χ1v) is 4.02. The van der Waals surface area contributed by atoms with Gasteiger partial charge in [0.05, 0.1) is 5.54 Å². The zero-order valence-electron chi connectivity index (χ0n) is 8.22. The third-order valence-corrected chi connectivity index (χ3v) is 1.65. The summed E-state index contributed by atoms with van der Waals surface area (Å²) >= 11 is 0. The van der Waals surface area contributed by atoms with E-state index in [1.54, 1.807) is 13.0 Å². The van der Waals surface area contributed by atoms with Crippen LogP contribution in [0.3, 0.4) is 0 Å². The van der Waals surface area contributed by atoms with E-state index in [9.17, 15) is 4.79 Å². The van der Waals surface area contributed by atoms with Crippen LogP contribution in [0.15, 0.2) is 11.6 Å². The summed E-state index contributed by atoms with van der Waals surface area (Å²) in [6, 6.07) is 0. The van der Waals surface area contributed by atoms with Crippen molar-refractivity contribution in [1.29, 1.82) is 0 Å². The van der Waals surface area contributed by atoms with Crippen molar-refractivity contribution in [3.63, 3.8) is 0 Å². The fraction of sp³-hybridized carbons (Fsp3) is 0.500. The van der Waals surface area contributed by atoms with Gasteiger partial charge < -0.3 is 5.11 Å². The molecule has 3 nitrogen and oxygen atoms in total. The fourth-order valence-electron chi connectivity index (χ4n) is 0.598. The van der Waals surface area contributed by atoms with Crippen molar-refractivity contribution >= 4 is 5.97 Å². The molecule has 0 unspecified atom stereocenters. The molecule has 0 spiro atoms. The van der Waals surface area contributed by atoms with Gasteiger partial charge in [-0.05, 0) is 20.8 Å². The Morgan fingerprint density at radius 2 is 2.23 bits per heavy atom. The highest BCUT2D eigenvalue weighted by Crippen LogP contribution is 1.98. The van der Waals surface area contributed by atoms with Crippen molar-refractivity contribution in [3.8, 4) is 12.3 Å². The summed E-state index contributed by atoms with van der Waals surface area (Å²) < 4.78 is 0. The van der Waals surface area contributed by atoms with E-state index in [1.807, 2.05) is 13.8 Å². The topological polar surface area (TPSA) is 49.3 Å². The maximum absolute atomic E-state index is 10.4. The number of aliphatic carboxylic acids is 1. The molecule has 0 aliphatic carbocycles. The molecule has 0 rings (SSSR count). The van der Waals surface area contributed by atoms with Gasteiger partial charge in [0.15, 0.2) is 0 Å². The van der Waals surface area contributed by atoms with Crippen LogP contribution in [-0.2, 0) is 4.79 Å². The molecule has 0 aromatic carbocycles. The van der Waals surface area contributed by atoms with E-state index in [1.165, 1.54) is 0 Å². The van der Waals surface area contributed by atoms with Gasteiger partial charge in [-0.3, -0.25) is 5.32 Å². The van der Waals surface area contributed by atoms with Gasteiger partial charge in [-0.15, -0.1) is 6.42 Å². The summed E-state index contributed by atoms with van der Waals surface area (Å²) in [6.45, 7) is 5.73. The lowest BCUT2D eigenvalue weighted by molar-refractivity contribution is -0.132. The van der Waals surface area contributed by atoms with Crippen molar-refractivity contribution in [3.05, 3.63) is 11.6 Å². The van der Waals surface area contributed by atoms with Crippen LogP contribution in [0, 0.1) is 12.3 Å². The van der Waals surface area contributed by atoms with Gasteiger partial charge in [0, 0.05) is 12.1 Å². The largest absolute Gasteiger partial charge is 0.478 e. The van der Waals surface area contributed by atoms with Crippen molar-refractivity contribution in [2.45, 2.75) is 26.3 Å². The van der Waals surface area contributed by atoms with Crippen LogP contribution in [0.4, 0.5) is 0 Å². The number of hydrogen-bond donors (Lipinski definition) is 2. The lowest BCUT2D eigenvalue weighted by Gasteiger charge is -2.18. The van der Waals surface area contributed by atoms with E-state index < -0.39 is 11.5 Å². The molecule has 0 aliphatic heterocycles.